The number of rotatable bonds is 4. The van der Waals surface area contributed by atoms with Gasteiger partial charge in [-0.25, -0.2) is 0 Å². The summed E-state index contributed by atoms with van der Waals surface area (Å²) >= 11 is 0. The highest BCUT2D eigenvalue weighted by Crippen LogP contribution is 2.22. The predicted octanol–water partition coefficient (Wildman–Crippen LogP) is 1.32. The fourth-order valence-corrected chi connectivity index (χ4v) is 2.27. The lowest BCUT2D eigenvalue weighted by Gasteiger charge is -2.31. The molecule has 0 bridgehead atoms. The molecule has 1 heterocycles. The van der Waals surface area contributed by atoms with Crippen molar-refractivity contribution in [1.82, 2.24) is 10.6 Å². The molecular formula is C15H21N3O. The van der Waals surface area contributed by atoms with Gasteiger partial charge in [-0.2, -0.15) is 0 Å². The molecule has 4 heteroatoms. The number of piperazine rings is 1. The molecule has 0 saturated carbocycles. The molecule has 2 N–H and O–H groups in total. The SMILES string of the molecule is C=CCNC(=O)c1cc(C)ccc1N1CCNCC1. The summed E-state index contributed by atoms with van der Waals surface area (Å²) in [5, 5.41) is 6.18. The van der Waals surface area contributed by atoms with E-state index in [1.807, 2.05) is 19.1 Å². The molecule has 1 aromatic carbocycles. The van der Waals surface area contributed by atoms with Crippen LogP contribution in [0.25, 0.3) is 0 Å². The Labute approximate surface area is 114 Å². The minimum Gasteiger partial charge on any atom is -0.368 e. The molecule has 19 heavy (non-hydrogen) atoms. The summed E-state index contributed by atoms with van der Waals surface area (Å²) in [6, 6.07) is 6.06. The standard InChI is InChI=1S/C15H21N3O/c1-3-6-17-15(19)13-11-12(2)4-5-14(13)18-9-7-16-8-10-18/h3-5,11,16H,1,6-10H2,2H3,(H,17,19). The summed E-state index contributed by atoms with van der Waals surface area (Å²) in [4.78, 5) is 14.5. The smallest absolute Gasteiger partial charge is 0.253 e. The second-order valence-corrected chi connectivity index (χ2v) is 4.76. The number of amides is 1. The Morgan fingerprint density at radius 1 is 1.47 bits per heavy atom. The van der Waals surface area contributed by atoms with Gasteiger partial charge in [-0.15, -0.1) is 6.58 Å². The molecule has 102 valence electrons. The van der Waals surface area contributed by atoms with Gasteiger partial charge in [0.25, 0.3) is 5.91 Å². The molecule has 0 radical (unpaired) electrons. The molecule has 1 amide bonds. The second-order valence-electron chi connectivity index (χ2n) is 4.76. The number of benzene rings is 1. The van der Waals surface area contributed by atoms with Crippen molar-refractivity contribution in [2.75, 3.05) is 37.6 Å². The van der Waals surface area contributed by atoms with Gasteiger partial charge in [-0.3, -0.25) is 4.79 Å². The van der Waals surface area contributed by atoms with Crippen molar-refractivity contribution in [2.45, 2.75) is 6.92 Å². The first-order valence-corrected chi connectivity index (χ1v) is 6.68. The van der Waals surface area contributed by atoms with Crippen molar-refractivity contribution < 1.29 is 4.79 Å². The summed E-state index contributed by atoms with van der Waals surface area (Å²) in [6.07, 6.45) is 1.69. The van der Waals surface area contributed by atoms with Crippen LogP contribution >= 0.6 is 0 Å². The van der Waals surface area contributed by atoms with Crippen LogP contribution in [0.3, 0.4) is 0 Å². The minimum absolute atomic E-state index is 0.0304. The number of carbonyl (C=O) groups excluding carboxylic acids is 1. The van der Waals surface area contributed by atoms with E-state index >= 15 is 0 Å². The van der Waals surface area contributed by atoms with Gasteiger partial charge in [0.05, 0.1) is 5.56 Å². The van der Waals surface area contributed by atoms with Crippen LogP contribution in [0.5, 0.6) is 0 Å². The average Bonchev–Trinajstić information content (AvgIpc) is 2.45. The Morgan fingerprint density at radius 3 is 2.89 bits per heavy atom. The van der Waals surface area contributed by atoms with Crippen LogP contribution in [0, 0.1) is 6.92 Å². The maximum atomic E-state index is 12.2. The van der Waals surface area contributed by atoms with Crippen molar-refractivity contribution in [3.8, 4) is 0 Å². The van der Waals surface area contributed by atoms with Crippen LogP contribution in [0.4, 0.5) is 5.69 Å². The molecule has 1 aliphatic heterocycles. The van der Waals surface area contributed by atoms with Crippen molar-refractivity contribution in [3.05, 3.63) is 42.0 Å². The van der Waals surface area contributed by atoms with Gasteiger partial charge in [-0.1, -0.05) is 17.7 Å². The molecule has 0 aromatic heterocycles. The summed E-state index contributed by atoms with van der Waals surface area (Å²) in [7, 11) is 0. The maximum Gasteiger partial charge on any atom is 0.253 e. The van der Waals surface area contributed by atoms with Crippen molar-refractivity contribution >= 4 is 11.6 Å². The van der Waals surface area contributed by atoms with Gasteiger partial charge in [0.2, 0.25) is 0 Å². The number of hydrogen-bond donors (Lipinski definition) is 2. The zero-order valence-corrected chi connectivity index (χ0v) is 11.4. The molecular weight excluding hydrogens is 238 g/mol. The zero-order chi connectivity index (χ0) is 13.7. The number of aryl methyl sites for hydroxylation is 1. The molecule has 4 nitrogen and oxygen atoms in total. The number of hydrogen-bond acceptors (Lipinski definition) is 3. The van der Waals surface area contributed by atoms with Crippen LogP contribution in [-0.2, 0) is 0 Å². The van der Waals surface area contributed by atoms with Gasteiger partial charge < -0.3 is 15.5 Å². The van der Waals surface area contributed by atoms with Crippen molar-refractivity contribution in [1.29, 1.82) is 0 Å². The lowest BCUT2D eigenvalue weighted by atomic mass is 10.1. The van der Waals surface area contributed by atoms with E-state index in [9.17, 15) is 4.79 Å². The third kappa shape index (κ3) is 3.35. The van der Waals surface area contributed by atoms with E-state index in [4.69, 9.17) is 0 Å². The Hall–Kier alpha value is -1.81. The molecule has 0 atom stereocenters. The topological polar surface area (TPSA) is 44.4 Å². The van der Waals surface area contributed by atoms with E-state index in [0.29, 0.717) is 6.54 Å². The van der Waals surface area contributed by atoms with Crippen LogP contribution in [0.2, 0.25) is 0 Å². The predicted molar refractivity (Wildman–Crippen MR) is 78.8 cm³/mol. The Kier molecular flexibility index (Phi) is 4.58. The highest BCUT2D eigenvalue weighted by atomic mass is 16.1. The fourth-order valence-electron chi connectivity index (χ4n) is 2.27. The largest absolute Gasteiger partial charge is 0.368 e. The second kappa shape index (κ2) is 6.38. The van der Waals surface area contributed by atoms with Gasteiger partial charge >= 0.3 is 0 Å². The summed E-state index contributed by atoms with van der Waals surface area (Å²) in [6.45, 7) is 9.91. The maximum absolute atomic E-state index is 12.2. The summed E-state index contributed by atoms with van der Waals surface area (Å²) in [5.41, 5.74) is 2.88. The first-order chi connectivity index (χ1) is 9.22. The van der Waals surface area contributed by atoms with E-state index < -0.39 is 0 Å². The van der Waals surface area contributed by atoms with Gasteiger partial charge in [0.15, 0.2) is 0 Å². The van der Waals surface area contributed by atoms with Gasteiger partial charge in [0.1, 0.15) is 0 Å². The van der Waals surface area contributed by atoms with Gasteiger partial charge in [-0.05, 0) is 19.1 Å². The monoisotopic (exact) mass is 259 g/mol. The number of nitrogens with one attached hydrogen (secondary N) is 2. The Morgan fingerprint density at radius 2 is 2.21 bits per heavy atom. The Bertz CT molecular complexity index is 464. The van der Waals surface area contributed by atoms with E-state index in [-0.39, 0.29) is 5.91 Å². The van der Waals surface area contributed by atoms with Gasteiger partial charge in [0, 0.05) is 38.4 Å². The van der Waals surface area contributed by atoms with E-state index in [1.54, 1.807) is 6.08 Å². The van der Waals surface area contributed by atoms with Crippen LogP contribution < -0.4 is 15.5 Å². The summed E-state index contributed by atoms with van der Waals surface area (Å²) < 4.78 is 0. The lowest BCUT2D eigenvalue weighted by Crippen LogP contribution is -2.44. The molecule has 1 aromatic rings. The van der Waals surface area contributed by atoms with Crippen LogP contribution in [0.1, 0.15) is 15.9 Å². The third-order valence-corrected chi connectivity index (χ3v) is 3.26. The van der Waals surface area contributed by atoms with Crippen LogP contribution in [0.15, 0.2) is 30.9 Å². The lowest BCUT2D eigenvalue weighted by molar-refractivity contribution is 0.0958. The average molecular weight is 259 g/mol. The molecule has 1 saturated heterocycles. The Balaban J connectivity index is 2.26. The highest BCUT2D eigenvalue weighted by molar-refractivity contribution is 6.00. The third-order valence-electron chi connectivity index (χ3n) is 3.26. The molecule has 0 spiro atoms. The molecule has 1 fully saturated rings. The number of nitrogens with zero attached hydrogens (tertiary/aromatic N) is 1. The minimum atomic E-state index is -0.0304. The quantitative estimate of drug-likeness (QED) is 0.802. The molecule has 0 unspecified atom stereocenters. The highest BCUT2D eigenvalue weighted by Gasteiger charge is 2.18. The molecule has 0 aliphatic carbocycles. The molecule has 2 rings (SSSR count). The molecule has 1 aliphatic rings. The van der Waals surface area contributed by atoms with E-state index in [0.717, 1.165) is 43.0 Å². The zero-order valence-electron chi connectivity index (χ0n) is 11.4. The van der Waals surface area contributed by atoms with Crippen LogP contribution in [-0.4, -0.2) is 38.6 Å². The van der Waals surface area contributed by atoms with Crippen molar-refractivity contribution in [3.63, 3.8) is 0 Å². The number of carbonyl (C=O) groups is 1. The first-order valence-electron chi connectivity index (χ1n) is 6.68. The first kappa shape index (κ1) is 13.6. The fraction of sp³-hybridized carbons (Fsp3) is 0.400. The number of anilines is 1. The van der Waals surface area contributed by atoms with E-state index in [1.165, 1.54) is 0 Å². The normalized spacial score (nSPS) is 15.1. The van der Waals surface area contributed by atoms with Crippen molar-refractivity contribution in [2.24, 2.45) is 0 Å². The summed E-state index contributed by atoms with van der Waals surface area (Å²) in [5.74, 6) is -0.0304. The van der Waals surface area contributed by atoms with E-state index in [2.05, 4.69) is 28.2 Å².